The van der Waals surface area contributed by atoms with E-state index in [0.717, 1.165) is 58.5 Å². The quantitative estimate of drug-likeness (QED) is 0.637. The van der Waals surface area contributed by atoms with E-state index in [1.165, 1.54) is 6.42 Å². The van der Waals surface area contributed by atoms with Gasteiger partial charge >= 0.3 is 0 Å². The maximum Gasteiger partial charge on any atom is 0.157 e. The van der Waals surface area contributed by atoms with Gasteiger partial charge in [-0.05, 0) is 25.7 Å². The summed E-state index contributed by atoms with van der Waals surface area (Å²) in [7, 11) is 0. The van der Waals surface area contributed by atoms with Gasteiger partial charge in [0, 0.05) is 11.8 Å². The molecule has 0 aromatic heterocycles. The second kappa shape index (κ2) is 10.4. The molecule has 0 N–H and O–H groups in total. The fourth-order valence-electron chi connectivity index (χ4n) is 2.82. The number of rotatable bonds is 8. The fraction of sp³-hybridized carbons (Fsp3) is 0.889. The fourth-order valence-corrected chi connectivity index (χ4v) is 2.82. The van der Waals surface area contributed by atoms with E-state index in [2.05, 4.69) is 26.0 Å². The zero-order valence-corrected chi connectivity index (χ0v) is 14.2. The van der Waals surface area contributed by atoms with Gasteiger partial charge in [0.25, 0.3) is 0 Å². The Morgan fingerprint density at radius 3 is 2.05 bits per heavy atom. The van der Waals surface area contributed by atoms with Crippen molar-refractivity contribution in [1.82, 2.24) is 0 Å². The van der Waals surface area contributed by atoms with Crippen molar-refractivity contribution in [3.63, 3.8) is 0 Å². The molecular weight excluding hydrogens is 280 g/mol. The summed E-state index contributed by atoms with van der Waals surface area (Å²) >= 11 is 0. The third-order valence-electron chi connectivity index (χ3n) is 4.23. The monoisotopic (exact) mass is 312 g/mol. The molecule has 4 heteroatoms. The Balaban J connectivity index is 1.55. The Hall–Kier alpha value is -0.420. The number of unbranched alkanes of at least 4 members (excludes halogenated alkanes) is 1. The summed E-state index contributed by atoms with van der Waals surface area (Å²) in [4.78, 5) is 0. The summed E-state index contributed by atoms with van der Waals surface area (Å²) in [6.45, 7) is 7.51. The second-order valence-corrected chi connectivity index (χ2v) is 6.40. The van der Waals surface area contributed by atoms with Gasteiger partial charge in [0.2, 0.25) is 0 Å². The maximum atomic E-state index is 5.82. The number of hydrogen-bond acceptors (Lipinski definition) is 4. The first-order chi connectivity index (χ1) is 10.8. The predicted molar refractivity (Wildman–Crippen MR) is 86.6 cm³/mol. The van der Waals surface area contributed by atoms with Crippen LogP contribution in [0.4, 0.5) is 0 Å². The molecule has 0 aromatic rings. The Labute approximate surface area is 135 Å². The summed E-state index contributed by atoms with van der Waals surface area (Å²) in [6, 6.07) is 0. The van der Waals surface area contributed by atoms with Gasteiger partial charge in [-0.1, -0.05) is 38.8 Å². The van der Waals surface area contributed by atoms with Gasteiger partial charge in [0.15, 0.2) is 12.6 Å². The zero-order chi connectivity index (χ0) is 15.6. The lowest BCUT2D eigenvalue weighted by atomic mass is 10.0. The van der Waals surface area contributed by atoms with Crippen LogP contribution in [-0.4, -0.2) is 39.0 Å². The molecular formula is C18H32O4. The SMILES string of the molecule is CCCC=C[C@H]1CO[C@H](CC[C@H]2CO[C@H](CCC)OC2)OC1. The van der Waals surface area contributed by atoms with E-state index in [-0.39, 0.29) is 12.6 Å². The molecule has 2 aliphatic rings. The summed E-state index contributed by atoms with van der Waals surface area (Å²) in [6.07, 6.45) is 10.8. The minimum absolute atomic E-state index is 0.0131. The van der Waals surface area contributed by atoms with Gasteiger partial charge in [-0.3, -0.25) is 0 Å². The number of ether oxygens (including phenoxy) is 4. The number of hydrogen-bond donors (Lipinski definition) is 0. The van der Waals surface area contributed by atoms with E-state index in [0.29, 0.717) is 11.8 Å². The minimum Gasteiger partial charge on any atom is -0.352 e. The van der Waals surface area contributed by atoms with E-state index in [1.54, 1.807) is 0 Å². The van der Waals surface area contributed by atoms with Crippen LogP contribution in [-0.2, 0) is 18.9 Å². The predicted octanol–water partition coefficient (Wildman–Crippen LogP) is 3.90. The standard InChI is InChI=1S/C18H32O4/c1-3-5-6-8-15-11-21-18(22-12-15)10-9-16-13-19-17(7-4-2)20-14-16/h6,8,15-18H,3-5,7,9-14H2,1-2H3/t15-,16-,17-,18-. The topological polar surface area (TPSA) is 36.9 Å². The molecule has 2 aliphatic heterocycles. The Morgan fingerprint density at radius 1 is 0.773 bits per heavy atom. The van der Waals surface area contributed by atoms with Gasteiger partial charge < -0.3 is 18.9 Å². The van der Waals surface area contributed by atoms with Gasteiger partial charge in [-0.2, -0.15) is 0 Å². The van der Waals surface area contributed by atoms with Crippen molar-refractivity contribution >= 4 is 0 Å². The van der Waals surface area contributed by atoms with E-state index >= 15 is 0 Å². The van der Waals surface area contributed by atoms with Crippen molar-refractivity contribution in [1.29, 1.82) is 0 Å². The first-order valence-electron chi connectivity index (χ1n) is 8.94. The normalized spacial score (nSPS) is 33.4. The molecule has 0 aromatic carbocycles. The van der Waals surface area contributed by atoms with Crippen LogP contribution in [0.15, 0.2) is 12.2 Å². The highest BCUT2D eigenvalue weighted by Gasteiger charge is 2.25. The maximum absolute atomic E-state index is 5.82. The largest absolute Gasteiger partial charge is 0.352 e. The van der Waals surface area contributed by atoms with Gasteiger partial charge in [-0.15, -0.1) is 0 Å². The highest BCUT2D eigenvalue weighted by Crippen LogP contribution is 2.22. The third kappa shape index (κ3) is 6.37. The molecule has 2 fully saturated rings. The van der Waals surface area contributed by atoms with Crippen LogP contribution in [0.25, 0.3) is 0 Å². The average Bonchev–Trinajstić information content (AvgIpc) is 2.56. The molecule has 0 spiro atoms. The molecule has 0 aliphatic carbocycles. The van der Waals surface area contributed by atoms with Gasteiger partial charge in [0.1, 0.15) is 0 Å². The van der Waals surface area contributed by atoms with Crippen LogP contribution >= 0.6 is 0 Å². The van der Waals surface area contributed by atoms with Gasteiger partial charge in [-0.25, -0.2) is 0 Å². The molecule has 0 radical (unpaired) electrons. The zero-order valence-electron chi connectivity index (χ0n) is 14.2. The summed E-state index contributed by atoms with van der Waals surface area (Å²) in [5.74, 6) is 0.890. The number of allylic oxidation sites excluding steroid dienone is 1. The smallest absolute Gasteiger partial charge is 0.157 e. The molecule has 2 rings (SSSR count). The van der Waals surface area contributed by atoms with Crippen LogP contribution in [0, 0.1) is 11.8 Å². The molecule has 0 unspecified atom stereocenters. The Bertz CT molecular complexity index is 302. The lowest BCUT2D eigenvalue weighted by molar-refractivity contribution is -0.215. The molecule has 2 saturated heterocycles. The van der Waals surface area contributed by atoms with Gasteiger partial charge in [0.05, 0.1) is 26.4 Å². The van der Waals surface area contributed by atoms with Crippen LogP contribution in [0.1, 0.15) is 52.4 Å². The van der Waals surface area contributed by atoms with Crippen LogP contribution in [0.5, 0.6) is 0 Å². The van der Waals surface area contributed by atoms with E-state index in [9.17, 15) is 0 Å². The third-order valence-corrected chi connectivity index (χ3v) is 4.23. The molecule has 4 nitrogen and oxygen atoms in total. The summed E-state index contributed by atoms with van der Waals surface area (Å²) < 4.78 is 23.1. The first-order valence-corrected chi connectivity index (χ1v) is 8.94. The average molecular weight is 312 g/mol. The van der Waals surface area contributed by atoms with E-state index in [4.69, 9.17) is 18.9 Å². The van der Waals surface area contributed by atoms with Crippen LogP contribution < -0.4 is 0 Å². The van der Waals surface area contributed by atoms with Crippen LogP contribution in [0.3, 0.4) is 0 Å². The summed E-state index contributed by atoms with van der Waals surface area (Å²) in [5, 5.41) is 0. The van der Waals surface area contributed by atoms with Crippen molar-refractivity contribution in [3.8, 4) is 0 Å². The molecule has 0 atom stereocenters. The van der Waals surface area contributed by atoms with Crippen LogP contribution in [0.2, 0.25) is 0 Å². The molecule has 0 saturated carbocycles. The minimum atomic E-state index is -0.0517. The molecule has 2 heterocycles. The van der Waals surface area contributed by atoms with E-state index in [1.807, 2.05) is 0 Å². The van der Waals surface area contributed by atoms with Crippen molar-refractivity contribution in [2.24, 2.45) is 11.8 Å². The van der Waals surface area contributed by atoms with E-state index < -0.39 is 0 Å². The summed E-state index contributed by atoms with van der Waals surface area (Å²) in [5.41, 5.74) is 0. The lowest BCUT2D eigenvalue weighted by Gasteiger charge is -2.32. The molecule has 0 bridgehead atoms. The van der Waals surface area contributed by atoms with Crippen molar-refractivity contribution in [2.45, 2.75) is 65.0 Å². The highest BCUT2D eigenvalue weighted by atomic mass is 16.7. The lowest BCUT2D eigenvalue weighted by Crippen LogP contribution is -2.34. The molecule has 0 amide bonds. The second-order valence-electron chi connectivity index (χ2n) is 6.40. The van der Waals surface area contributed by atoms with Crippen molar-refractivity contribution < 1.29 is 18.9 Å². The first kappa shape index (κ1) is 17.9. The molecule has 22 heavy (non-hydrogen) atoms. The van der Waals surface area contributed by atoms with Crippen molar-refractivity contribution in [2.75, 3.05) is 26.4 Å². The molecule has 128 valence electrons. The highest BCUT2D eigenvalue weighted by molar-refractivity contribution is 4.89. The Kier molecular flexibility index (Phi) is 8.45. The Morgan fingerprint density at radius 2 is 1.41 bits per heavy atom. The van der Waals surface area contributed by atoms with Crippen molar-refractivity contribution in [3.05, 3.63) is 12.2 Å².